The van der Waals surface area contributed by atoms with Gasteiger partial charge < -0.3 is 10.6 Å². The van der Waals surface area contributed by atoms with E-state index in [0.717, 1.165) is 81.7 Å². The molecule has 4 aliphatic carbocycles. The van der Waals surface area contributed by atoms with Crippen molar-refractivity contribution in [3.8, 4) is 0 Å². The smallest absolute Gasteiger partial charge is 0.223 e. The number of unbranched alkanes of at least 4 members (excludes halogenated alkanes) is 2. The maximum atomic E-state index is 13.0. The topological polar surface area (TPSA) is 58.2 Å². The van der Waals surface area contributed by atoms with Gasteiger partial charge in [-0.3, -0.25) is 9.59 Å². The van der Waals surface area contributed by atoms with Gasteiger partial charge in [0.2, 0.25) is 11.8 Å². The number of hydrogen-bond acceptors (Lipinski definition) is 6. The van der Waals surface area contributed by atoms with Crippen LogP contribution in [-0.2, 0) is 9.59 Å². The molecule has 2 saturated heterocycles. The summed E-state index contributed by atoms with van der Waals surface area (Å²) in [6.45, 7) is 1.58. The Hall–Kier alpha value is 0.340. The van der Waals surface area contributed by atoms with Crippen LogP contribution in [0.25, 0.3) is 0 Å². The van der Waals surface area contributed by atoms with E-state index in [-0.39, 0.29) is 11.8 Å². The summed E-state index contributed by atoms with van der Waals surface area (Å²) in [5.41, 5.74) is 0. The number of nitrogens with one attached hydrogen (secondary N) is 2. The Bertz CT molecular complexity index is 731. The summed E-state index contributed by atoms with van der Waals surface area (Å²) in [7, 11) is 0. The maximum Gasteiger partial charge on any atom is 0.223 e. The van der Waals surface area contributed by atoms with Crippen molar-refractivity contribution in [2.24, 2.45) is 35.5 Å². The van der Waals surface area contributed by atoms with Crippen molar-refractivity contribution in [1.29, 1.82) is 0 Å². The SMILES string of the molecule is O=C(NCCCCCNC(=O)C1CC2CCCC(C1)C21SCCS1)C1CC2CCCC(C1)C21SCCS1. The number of carbonyl (C=O) groups is 2. The van der Waals surface area contributed by atoms with Crippen LogP contribution in [0.2, 0.25) is 0 Å². The van der Waals surface area contributed by atoms with Gasteiger partial charge in [-0.25, -0.2) is 0 Å². The fraction of sp³-hybridized carbons (Fsp3) is 0.931. The summed E-state index contributed by atoms with van der Waals surface area (Å²) in [4.78, 5) is 26.0. The van der Waals surface area contributed by atoms with Gasteiger partial charge in [0.1, 0.15) is 0 Å². The lowest BCUT2D eigenvalue weighted by Gasteiger charge is -2.52. The highest BCUT2D eigenvalue weighted by Gasteiger charge is 2.56. The second-order valence-corrected chi connectivity index (χ2v) is 18.5. The minimum atomic E-state index is 0.233. The molecule has 2 heterocycles. The van der Waals surface area contributed by atoms with Crippen LogP contribution >= 0.6 is 47.0 Å². The summed E-state index contributed by atoms with van der Waals surface area (Å²) in [5, 5.41) is 6.55. The molecule has 2 N–H and O–H groups in total. The van der Waals surface area contributed by atoms with Gasteiger partial charge in [-0.1, -0.05) is 12.8 Å². The van der Waals surface area contributed by atoms with Gasteiger partial charge in [0, 0.05) is 47.9 Å². The molecule has 6 aliphatic rings. The highest BCUT2D eigenvalue weighted by atomic mass is 32.2. The van der Waals surface area contributed by atoms with Gasteiger partial charge >= 0.3 is 0 Å². The molecule has 4 unspecified atom stereocenters. The summed E-state index contributed by atoms with van der Waals surface area (Å²) >= 11 is 8.88. The molecular formula is C29H46N2O2S4. The van der Waals surface area contributed by atoms with Crippen molar-refractivity contribution in [3.05, 3.63) is 0 Å². The molecule has 2 aliphatic heterocycles. The minimum absolute atomic E-state index is 0.233. The van der Waals surface area contributed by atoms with Crippen molar-refractivity contribution in [2.45, 2.75) is 91.6 Å². The van der Waals surface area contributed by atoms with Gasteiger partial charge in [0.05, 0.1) is 8.16 Å². The van der Waals surface area contributed by atoms with Crippen LogP contribution < -0.4 is 10.6 Å². The molecule has 0 aromatic heterocycles. The molecule has 0 radical (unpaired) electrons. The number of hydrogen-bond donors (Lipinski definition) is 2. The zero-order valence-corrected chi connectivity index (χ0v) is 25.6. The molecule has 0 aromatic rings. The van der Waals surface area contributed by atoms with E-state index in [1.165, 1.54) is 61.5 Å². The van der Waals surface area contributed by atoms with Crippen LogP contribution in [0.1, 0.15) is 83.5 Å². The Morgan fingerprint density at radius 1 is 0.568 bits per heavy atom. The molecule has 4 saturated carbocycles. The Morgan fingerprint density at radius 2 is 0.919 bits per heavy atom. The van der Waals surface area contributed by atoms with E-state index in [1.54, 1.807) is 0 Å². The van der Waals surface area contributed by atoms with Gasteiger partial charge in [-0.2, -0.15) is 0 Å². The van der Waals surface area contributed by atoms with Crippen LogP contribution in [0.5, 0.6) is 0 Å². The zero-order chi connectivity index (χ0) is 25.3. The number of carbonyl (C=O) groups excluding carboxylic acids is 2. The first-order chi connectivity index (χ1) is 18.1. The Labute approximate surface area is 241 Å². The largest absolute Gasteiger partial charge is 0.356 e. The van der Waals surface area contributed by atoms with Crippen molar-refractivity contribution >= 4 is 58.9 Å². The van der Waals surface area contributed by atoms with E-state index in [4.69, 9.17) is 0 Å². The highest BCUT2D eigenvalue weighted by molar-refractivity contribution is 8.21. The number of amides is 2. The standard InChI is InChI=1S/C29H46N2O2S4/c32-26(20-16-22-6-4-7-23(17-20)28(22)34-12-13-35-28)30-10-2-1-3-11-31-27(33)21-18-24-8-5-9-25(19-21)29(24)36-14-15-37-29/h20-25H,1-19H2,(H,30,32)(H,31,33). The van der Waals surface area contributed by atoms with Crippen molar-refractivity contribution in [3.63, 3.8) is 0 Å². The monoisotopic (exact) mass is 582 g/mol. The molecular weight excluding hydrogens is 537 g/mol. The molecule has 2 spiro atoms. The molecule has 4 bridgehead atoms. The Balaban J connectivity index is 0.863. The molecule has 6 fully saturated rings. The predicted octanol–water partition coefficient (Wildman–Crippen LogP) is 6.39. The second kappa shape index (κ2) is 12.1. The fourth-order valence-corrected chi connectivity index (χ4v) is 16.7. The van der Waals surface area contributed by atoms with E-state index in [2.05, 4.69) is 57.7 Å². The molecule has 0 aromatic carbocycles. The average molecular weight is 583 g/mol. The Morgan fingerprint density at radius 3 is 1.27 bits per heavy atom. The summed E-state index contributed by atoms with van der Waals surface area (Å²) in [6.07, 6.45) is 15.6. The Kier molecular flexibility index (Phi) is 8.97. The molecule has 37 heavy (non-hydrogen) atoms. The van der Waals surface area contributed by atoms with Gasteiger partial charge in [-0.15, -0.1) is 47.0 Å². The van der Waals surface area contributed by atoms with E-state index in [0.29, 0.717) is 20.0 Å². The van der Waals surface area contributed by atoms with Gasteiger partial charge in [0.15, 0.2) is 0 Å². The number of rotatable bonds is 8. The van der Waals surface area contributed by atoms with Crippen LogP contribution in [0.4, 0.5) is 0 Å². The third-order valence-electron chi connectivity index (χ3n) is 10.4. The molecule has 208 valence electrons. The second-order valence-electron chi connectivity index (χ2n) is 12.5. The molecule has 4 atom stereocenters. The molecule has 8 heteroatoms. The maximum absolute atomic E-state index is 13.0. The first-order valence-corrected chi connectivity index (χ1v) is 19.2. The minimum Gasteiger partial charge on any atom is -0.356 e. The number of thioether (sulfide) groups is 4. The molecule has 4 nitrogen and oxygen atoms in total. The average Bonchev–Trinajstić information content (AvgIpc) is 3.54. The fourth-order valence-electron chi connectivity index (χ4n) is 8.79. The van der Waals surface area contributed by atoms with Gasteiger partial charge in [0.25, 0.3) is 0 Å². The third kappa shape index (κ3) is 5.49. The summed E-state index contributed by atoms with van der Waals surface area (Å²) in [5.74, 6) is 9.25. The summed E-state index contributed by atoms with van der Waals surface area (Å²) < 4.78 is 0.900. The predicted molar refractivity (Wildman–Crippen MR) is 162 cm³/mol. The first kappa shape index (κ1) is 27.5. The van der Waals surface area contributed by atoms with Crippen LogP contribution in [0.3, 0.4) is 0 Å². The van der Waals surface area contributed by atoms with Crippen molar-refractivity contribution in [1.82, 2.24) is 10.6 Å². The van der Waals surface area contributed by atoms with Crippen LogP contribution in [0.15, 0.2) is 0 Å². The van der Waals surface area contributed by atoms with E-state index >= 15 is 0 Å². The highest BCUT2D eigenvalue weighted by Crippen LogP contribution is 2.65. The normalized spacial score (nSPS) is 37.5. The van der Waals surface area contributed by atoms with E-state index in [1.807, 2.05) is 0 Å². The quantitative estimate of drug-likeness (QED) is 0.323. The van der Waals surface area contributed by atoms with Crippen LogP contribution in [-0.4, -0.2) is 56.1 Å². The van der Waals surface area contributed by atoms with E-state index < -0.39 is 0 Å². The van der Waals surface area contributed by atoms with Crippen molar-refractivity contribution < 1.29 is 9.59 Å². The van der Waals surface area contributed by atoms with Crippen molar-refractivity contribution in [2.75, 3.05) is 36.1 Å². The lowest BCUT2D eigenvalue weighted by atomic mass is 9.67. The summed E-state index contributed by atoms with van der Waals surface area (Å²) in [6, 6.07) is 0. The molecule has 2 amide bonds. The van der Waals surface area contributed by atoms with E-state index in [9.17, 15) is 9.59 Å². The third-order valence-corrected chi connectivity index (χ3v) is 18.5. The first-order valence-electron chi connectivity index (χ1n) is 15.2. The van der Waals surface area contributed by atoms with Gasteiger partial charge in [-0.05, 0) is 94.3 Å². The molecule has 6 rings (SSSR count). The lowest BCUT2D eigenvalue weighted by molar-refractivity contribution is -0.128. The lowest BCUT2D eigenvalue weighted by Crippen LogP contribution is -2.49. The zero-order valence-electron chi connectivity index (χ0n) is 22.3. The van der Waals surface area contributed by atoms with Crippen LogP contribution in [0, 0.1) is 35.5 Å².